The second-order valence-electron chi connectivity index (χ2n) is 6.48. The molecule has 3 rings (SSSR count). The zero-order chi connectivity index (χ0) is 20.8. The molecule has 1 amide bonds. The average Bonchev–Trinajstić information content (AvgIpc) is 3.08. The lowest BCUT2D eigenvalue weighted by molar-refractivity contribution is 0.0950. The number of amides is 1. The van der Waals surface area contributed by atoms with Crippen LogP contribution >= 0.6 is 0 Å². The molecule has 0 saturated heterocycles. The highest BCUT2D eigenvalue weighted by molar-refractivity contribution is 5.94. The Labute approximate surface area is 169 Å². The third-order valence-corrected chi connectivity index (χ3v) is 4.61. The Hall–Kier alpha value is -3.48. The number of nitrogens with one attached hydrogen (secondary N) is 1. The van der Waals surface area contributed by atoms with Crippen LogP contribution in [0.3, 0.4) is 0 Å². The number of carbonyl (C=O) groups excluding carboxylic acids is 1. The third-order valence-electron chi connectivity index (χ3n) is 4.61. The van der Waals surface area contributed by atoms with Crippen LogP contribution < -0.4 is 19.5 Å². The molecule has 7 heteroatoms. The van der Waals surface area contributed by atoms with Crippen molar-refractivity contribution in [1.29, 1.82) is 0 Å². The third kappa shape index (κ3) is 4.87. The fourth-order valence-corrected chi connectivity index (χ4v) is 2.84. The topological polar surface area (TPSA) is 82.8 Å². The first-order valence-electron chi connectivity index (χ1n) is 9.15. The van der Waals surface area contributed by atoms with Crippen molar-refractivity contribution >= 4 is 5.91 Å². The Bertz CT molecular complexity index is 960. The summed E-state index contributed by atoms with van der Waals surface area (Å²) in [4.78, 5) is 12.4. The summed E-state index contributed by atoms with van der Waals surface area (Å²) in [6, 6.07) is 12.5. The maximum absolute atomic E-state index is 12.4. The quantitative estimate of drug-likeness (QED) is 0.623. The molecular formula is C22H24N2O5. The number of benzene rings is 2. The number of ether oxygens (including phenoxy) is 3. The van der Waals surface area contributed by atoms with Crippen molar-refractivity contribution in [2.45, 2.75) is 27.0 Å². The lowest BCUT2D eigenvalue weighted by atomic mass is 10.1. The van der Waals surface area contributed by atoms with Crippen LogP contribution in [0.2, 0.25) is 0 Å². The van der Waals surface area contributed by atoms with Crippen LogP contribution in [-0.4, -0.2) is 25.3 Å². The zero-order valence-electron chi connectivity index (χ0n) is 16.9. The fourth-order valence-electron chi connectivity index (χ4n) is 2.84. The van der Waals surface area contributed by atoms with Gasteiger partial charge in [0.15, 0.2) is 0 Å². The van der Waals surface area contributed by atoms with Crippen molar-refractivity contribution in [3.8, 4) is 17.2 Å². The number of rotatable bonds is 8. The highest BCUT2D eigenvalue weighted by atomic mass is 16.5. The summed E-state index contributed by atoms with van der Waals surface area (Å²) < 4.78 is 21.4. The molecule has 152 valence electrons. The second-order valence-corrected chi connectivity index (χ2v) is 6.48. The number of carbonyl (C=O) groups is 1. The zero-order valence-corrected chi connectivity index (χ0v) is 16.9. The second kappa shape index (κ2) is 9.14. The Kier molecular flexibility index (Phi) is 6.39. The van der Waals surface area contributed by atoms with Gasteiger partial charge in [0, 0.05) is 23.7 Å². The molecule has 2 aromatic carbocycles. The molecule has 0 spiro atoms. The molecule has 1 N–H and O–H groups in total. The first-order chi connectivity index (χ1) is 14.0. The van der Waals surface area contributed by atoms with Gasteiger partial charge in [-0.05, 0) is 50.2 Å². The lowest BCUT2D eigenvalue weighted by Crippen LogP contribution is -2.23. The molecule has 0 aliphatic rings. The number of hydrogen-bond acceptors (Lipinski definition) is 6. The number of aromatic nitrogens is 1. The van der Waals surface area contributed by atoms with Gasteiger partial charge in [-0.3, -0.25) is 4.79 Å². The van der Waals surface area contributed by atoms with E-state index in [2.05, 4.69) is 10.5 Å². The first kappa shape index (κ1) is 20.3. The number of hydrogen-bond donors (Lipinski definition) is 1. The maximum Gasteiger partial charge on any atom is 0.251 e. The van der Waals surface area contributed by atoms with Gasteiger partial charge in [0.1, 0.15) is 29.6 Å². The predicted molar refractivity (Wildman–Crippen MR) is 107 cm³/mol. The molecule has 1 aromatic heterocycles. The van der Waals surface area contributed by atoms with E-state index in [0.29, 0.717) is 36.0 Å². The van der Waals surface area contributed by atoms with Gasteiger partial charge in [-0.25, -0.2) is 0 Å². The van der Waals surface area contributed by atoms with Crippen molar-refractivity contribution in [1.82, 2.24) is 10.5 Å². The minimum atomic E-state index is -0.180. The van der Waals surface area contributed by atoms with Crippen LogP contribution in [0.4, 0.5) is 0 Å². The van der Waals surface area contributed by atoms with Crippen LogP contribution in [0.25, 0.3) is 0 Å². The largest absolute Gasteiger partial charge is 0.497 e. The van der Waals surface area contributed by atoms with Gasteiger partial charge < -0.3 is 24.1 Å². The molecule has 0 unspecified atom stereocenters. The van der Waals surface area contributed by atoms with Crippen molar-refractivity contribution in [2.75, 3.05) is 14.2 Å². The fraction of sp³-hybridized carbons (Fsp3) is 0.273. The molecule has 0 radical (unpaired) electrons. The molecule has 0 saturated carbocycles. The van der Waals surface area contributed by atoms with Gasteiger partial charge >= 0.3 is 0 Å². The van der Waals surface area contributed by atoms with Gasteiger partial charge in [0.2, 0.25) is 0 Å². The Morgan fingerprint density at radius 3 is 2.38 bits per heavy atom. The molecule has 3 aromatic rings. The van der Waals surface area contributed by atoms with E-state index >= 15 is 0 Å². The van der Waals surface area contributed by atoms with E-state index in [1.165, 1.54) is 0 Å². The van der Waals surface area contributed by atoms with E-state index in [-0.39, 0.29) is 5.91 Å². The summed E-state index contributed by atoms with van der Waals surface area (Å²) in [7, 11) is 3.18. The molecule has 29 heavy (non-hydrogen) atoms. The summed E-state index contributed by atoms with van der Waals surface area (Å²) in [5.41, 5.74) is 3.15. The van der Waals surface area contributed by atoms with E-state index in [9.17, 15) is 4.79 Å². The molecule has 0 atom stereocenters. The molecule has 7 nitrogen and oxygen atoms in total. The summed E-state index contributed by atoms with van der Waals surface area (Å²) in [5.74, 6) is 2.59. The van der Waals surface area contributed by atoms with E-state index in [1.54, 1.807) is 44.6 Å². The van der Waals surface area contributed by atoms with Gasteiger partial charge in [0.05, 0.1) is 25.5 Å². The number of nitrogens with zero attached hydrogens (tertiary/aromatic N) is 1. The molecule has 0 aliphatic carbocycles. The van der Waals surface area contributed by atoms with Gasteiger partial charge in [-0.2, -0.15) is 0 Å². The molecule has 0 bridgehead atoms. The minimum Gasteiger partial charge on any atom is -0.497 e. The normalized spacial score (nSPS) is 10.5. The smallest absolute Gasteiger partial charge is 0.251 e. The highest BCUT2D eigenvalue weighted by Gasteiger charge is 2.11. The average molecular weight is 396 g/mol. The van der Waals surface area contributed by atoms with Crippen LogP contribution in [0, 0.1) is 13.8 Å². The summed E-state index contributed by atoms with van der Waals surface area (Å²) in [5, 5.41) is 6.80. The van der Waals surface area contributed by atoms with Crippen molar-refractivity contribution in [2.24, 2.45) is 0 Å². The maximum atomic E-state index is 12.4. The predicted octanol–water partition coefficient (Wildman–Crippen LogP) is 3.82. The van der Waals surface area contributed by atoms with Gasteiger partial charge in [-0.1, -0.05) is 5.16 Å². The lowest BCUT2D eigenvalue weighted by Gasteiger charge is -2.12. The molecular weight excluding hydrogens is 372 g/mol. The number of methoxy groups -OCH3 is 2. The van der Waals surface area contributed by atoms with E-state index in [0.717, 1.165) is 22.6 Å². The highest BCUT2D eigenvalue weighted by Crippen LogP contribution is 2.24. The molecule has 0 aliphatic heterocycles. The summed E-state index contributed by atoms with van der Waals surface area (Å²) >= 11 is 0. The Morgan fingerprint density at radius 2 is 1.76 bits per heavy atom. The Morgan fingerprint density at radius 1 is 1.03 bits per heavy atom. The molecule has 0 fully saturated rings. The van der Waals surface area contributed by atoms with Crippen LogP contribution in [0.5, 0.6) is 17.2 Å². The van der Waals surface area contributed by atoms with Crippen LogP contribution in [-0.2, 0) is 13.2 Å². The standard InChI is InChI=1S/C22H24N2O5/c1-14-20(15(2)29-24-14)13-28-18-8-5-16(6-9-18)22(25)23-12-17-7-10-19(26-3)11-21(17)27-4/h5-11H,12-13H2,1-4H3,(H,23,25). The van der Waals surface area contributed by atoms with E-state index in [1.807, 2.05) is 26.0 Å². The first-order valence-corrected chi connectivity index (χ1v) is 9.15. The van der Waals surface area contributed by atoms with Crippen LogP contribution in [0.1, 0.15) is 32.9 Å². The minimum absolute atomic E-state index is 0.180. The van der Waals surface area contributed by atoms with E-state index < -0.39 is 0 Å². The monoisotopic (exact) mass is 396 g/mol. The summed E-state index contributed by atoms with van der Waals surface area (Å²) in [6.07, 6.45) is 0. The van der Waals surface area contributed by atoms with Gasteiger partial charge in [0.25, 0.3) is 5.91 Å². The SMILES string of the molecule is COc1ccc(CNC(=O)c2ccc(OCc3c(C)noc3C)cc2)c(OC)c1. The van der Waals surface area contributed by atoms with Crippen molar-refractivity contribution in [3.63, 3.8) is 0 Å². The summed E-state index contributed by atoms with van der Waals surface area (Å²) in [6.45, 7) is 4.44. The van der Waals surface area contributed by atoms with E-state index in [4.69, 9.17) is 18.7 Å². The van der Waals surface area contributed by atoms with Gasteiger partial charge in [-0.15, -0.1) is 0 Å². The Balaban J connectivity index is 1.58. The van der Waals surface area contributed by atoms with Crippen molar-refractivity contribution in [3.05, 3.63) is 70.6 Å². The molecule has 1 heterocycles. The van der Waals surface area contributed by atoms with Crippen LogP contribution in [0.15, 0.2) is 47.0 Å². The van der Waals surface area contributed by atoms with Crippen molar-refractivity contribution < 1.29 is 23.5 Å². The number of aryl methyl sites for hydroxylation is 2.